The van der Waals surface area contributed by atoms with Crippen LogP contribution in [0.4, 0.5) is 0 Å². The highest BCUT2D eigenvalue weighted by Crippen LogP contribution is 2.07. The molecule has 0 bridgehead atoms. The molecule has 0 fully saturated rings. The van der Waals surface area contributed by atoms with Gasteiger partial charge in [-0.15, -0.1) is 11.3 Å². The molecule has 7 heteroatoms. The molecule has 1 amide bonds. The molecule has 0 atom stereocenters. The smallest absolute Gasteiger partial charge is 0.261 e. The molecule has 1 rings (SSSR count). The van der Waals surface area contributed by atoms with Gasteiger partial charge in [0.25, 0.3) is 5.91 Å². The fourth-order valence-corrected chi connectivity index (χ4v) is 3.53. The molecule has 0 saturated heterocycles. The number of nitrogens with one attached hydrogen (secondary N) is 3. The van der Waals surface area contributed by atoms with E-state index in [9.17, 15) is 4.79 Å². The van der Waals surface area contributed by atoms with E-state index >= 15 is 0 Å². The normalized spacial score (nSPS) is 12.1. The van der Waals surface area contributed by atoms with Gasteiger partial charge in [0.2, 0.25) is 0 Å². The van der Waals surface area contributed by atoms with Crippen LogP contribution in [-0.4, -0.2) is 61.6 Å². The van der Waals surface area contributed by atoms with E-state index in [1.54, 1.807) is 0 Å². The molecule has 3 N–H and O–H groups in total. The van der Waals surface area contributed by atoms with Gasteiger partial charge in [-0.3, -0.25) is 14.7 Å². The van der Waals surface area contributed by atoms with Crippen molar-refractivity contribution in [2.45, 2.75) is 59.5 Å². The second-order valence-electron chi connectivity index (χ2n) is 7.05. The number of carbonyl (C=O) groups is 1. The summed E-state index contributed by atoms with van der Waals surface area (Å²) in [5, 5.41) is 11.5. The van der Waals surface area contributed by atoms with Gasteiger partial charge in [-0.1, -0.05) is 6.07 Å². The Labute approximate surface area is 168 Å². The Kier molecular flexibility index (Phi) is 11.8. The fourth-order valence-electron chi connectivity index (χ4n) is 2.89. The van der Waals surface area contributed by atoms with Gasteiger partial charge in [0.15, 0.2) is 5.96 Å². The van der Waals surface area contributed by atoms with Crippen molar-refractivity contribution in [3.8, 4) is 0 Å². The van der Waals surface area contributed by atoms with Crippen molar-refractivity contribution < 1.29 is 4.79 Å². The lowest BCUT2D eigenvalue weighted by atomic mass is 10.2. The Morgan fingerprint density at radius 1 is 1.11 bits per heavy atom. The zero-order chi connectivity index (χ0) is 20.1. The van der Waals surface area contributed by atoms with Gasteiger partial charge in [-0.05, 0) is 58.9 Å². The Morgan fingerprint density at radius 2 is 1.81 bits per heavy atom. The van der Waals surface area contributed by atoms with E-state index in [4.69, 9.17) is 0 Å². The predicted octanol–water partition coefficient (Wildman–Crippen LogP) is 2.93. The maximum Gasteiger partial charge on any atom is 0.261 e. The predicted molar refractivity (Wildman–Crippen MR) is 117 cm³/mol. The lowest BCUT2D eigenvalue weighted by Gasteiger charge is -2.30. The van der Waals surface area contributed by atoms with E-state index in [-0.39, 0.29) is 5.91 Å². The number of thiophene rings is 1. The third-order valence-electron chi connectivity index (χ3n) is 4.19. The molecule has 154 valence electrons. The van der Waals surface area contributed by atoms with Crippen LogP contribution in [0.1, 0.15) is 57.1 Å². The summed E-state index contributed by atoms with van der Waals surface area (Å²) in [5.41, 5.74) is 0. The van der Waals surface area contributed by atoms with Gasteiger partial charge in [-0.25, -0.2) is 0 Å². The van der Waals surface area contributed by atoms with Crippen LogP contribution >= 0.6 is 11.3 Å². The summed E-state index contributed by atoms with van der Waals surface area (Å²) in [6.45, 7) is 15.2. The minimum Gasteiger partial charge on any atom is -0.357 e. The molecule has 0 unspecified atom stereocenters. The van der Waals surface area contributed by atoms with Crippen LogP contribution in [0.2, 0.25) is 0 Å². The molecule has 1 aromatic rings. The fraction of sp³-hybridized carbons (Fsp3) is 0.700. The van der Waals surface area contributed by atoms with E-state index in [0.29, 0.717) is 25.2 Å². The van der Waals surface area contributed by atoms with E-state index in [0.717, 1.165) is 43.3 Å². The lowest BCUT2D eigenvalue weighted by Crippen LogP contribution is -2.41. The molecule has 1 aromatic heterocycles. The first-order valence-corrected chi connectivity index (χ1v) is 10.9. The van der Waals surface area contributed by atoms with Crippen molar-refractivity contribution in [2.24, 2.45) is 4.99 Å². The maximum atomic E-state index is 11.9. The summed E-state index contributed by atoms with van der Waals surface area (Å²) in [6, 6.07) is 4.86. The van der Waals surface area contributed by atoms with E-state index in [2.05, 4.69) is 60.5 Å². The first-order valence-electron chi connectivity index (χ1n) is 10.0. The number of hydrogen-bond acceptors (Lipinski definition) is 4. The van der Waals surface area contributed by atoms with Crippen molar-refractivity contribution in [1.29, 1.82) is 0 Å². The van der Waals surface area contributed by atoms with Crippen LogP contribution in [0, 0.1) is 0 Å². The molecule has 0 saturated carbocycles. The van der Waals surface area contributed by atoms with Crippen LogP contribution in [0.15, 0.2) is 22.5 Å². The Balaban J connectivity index is 2.26. The number of guanidine groups is 1. The number of nitrogens with zero attached hydrogens (tertiary/aromatic N) is 2. The zero-order valence-electron chi connectivity index (χ0n) is 17.5. The average molecular weight is 396 g/mol. The van der Waals surface area contributed by atoms with Gasteiger partial charge >= 0.3 is 0 Å². The molecule has 0 spiro atoms. The average Bonchev–Trinajstić information content (AvgIpc) is 3.15. The third kappa shape index (κ3) is 9.77. The van der Waals surface area contributed by atoms with Crippen molar-refractivity contribution in [1.82, 2.24) is 20.9 Å². The molecular weight excluding hydrogens is 358 g/mol. The van der Waals surface area contributed by atoms with Crippen LogP contribution in [0.5, 0.6) is 0 Å². The van der Waals surface area contributed by atoms with E-state index in [1.165, 1.54) is 11.3 Å². The maximum absolute atomic E-state index is 11.9. The monoisotopic (exact) mass is 395 g/mol. The van der Waals surface area contributed by atoms with Crippen molar-refractivity contribution in [3.05, 3.63) is 22.4 Å². The summed E-state index contributed by atoms with van der Waals surface area (Å²) >= 11 is 1.46. The minimum atomic E-state index is -0.00105. The first kappa shape index (κ1) is 23.4. The highest BCUT2D eigenvalue weighted by Gasteiger charge is 2.12. The van der Waals surface area contributed by atoms with Gasteiger partial charge in [0, 0.05) is 44.8 Å². The van der Waals surface area contributed by atoms with Gasteiger partial charge in [0.05, 0.1) is 4.88 Å². The third-order valence-corrected chi connectivity index (χ3v) is 5.06. The van der Waals surface area contributed by atoms with Crippen LogP contribution in [-0.2, 0) is 0 Å². The van der Waals surface area contributed by atoms with E-state index < -0.39 is 0 Å². The standard InChI is InChI=1S/C20H37N5OS/c1-6-21-20(24-13-9-14-25(16(2)3)17(4)5)23-12-8-11-22-19(26)18-10-7-15-27-18/h7,10,15-17H,6,8-9,11-14H2,1-5H3,(H,22,26)(H2,21,23,24). The molecular formula is C20H37N5OS. The number of hydrogen-bond donors (Lipinski definition) is 3. The number of aliphatic imine (C=N–C) groups is 1. The topological polar surface area (TPSA) is 68.8 Å². The number of amides is 1. The molecule has 0 radical (unpaired) electrons. The molecule has 0 aliphatic carbocycles. The van der Waals surface area contributed by atoms with Crippen molar-refractivity contribution >= 4 is 23.2 Å². The Hall–Kier alpha value is -1.60. The van der Waals surface area contributed by atoms with Crippen LogP contribution < -0.4 is 16.0 Å². The molecule has 0 aromatic carbocycles. The summed E-state index contributed by atoms with van der Waals surface area (Å²) in [6.07, 6.45) is 1.90. The summed E-state index contributed by atoms with van der Waals surface area (Å²) in [5.74, 6) is 0.849. The largest absolute Gasteiger partial charge is 0.357 e. The summed E-state index contributed by atoms with van der Waals surface area (Å²) in [7, 11) is 0. The van der Waals surface area contributed by atoms with Gasteiger partial charge in [-0.2, -0.15) is 0 Å². The van der Waals surface area contributed by atoms with Gasteiger partial charge < -0.3 is 16.0 Å². The minimum absolute atomic E-state index is 0.00105. The molecule has 0 aliphatic heterocycles. The first-order chi connectivity index (χ1) is 13.0. The van der Waals surface area contributed by atoms with Crippen LogP contribution in [0.3, 0.4) is 0 Å². The highest BCUT2D eigenvalue weighted by molar-refractivity contribution is 7.12. The SMILES string of the molecule is CCNC(=NCCCNC(=O)c1cccs1)NCCCN(C(C)C)C(C)C. The second-order valence-corrected chi connectivity index (χ2v) is 8.00. The molecule has 1 heterocycles. The van der Waals surface area contributed by atoms with E-state index in [1.807, 2.05) is 17.5 Å². The Bertz CT molecular complexity index is 535. The highest BCUT2D eigenvalue weighted by atomic mass is 32.1. The van der Waals surface area contributed by atoms with Crippen molar-refractivity contribution in [3.63, 3.8) is 0 Å². The number of carbonyl (C=O) groups excluding carboxylic acids is 1. The van der Waals surface area contributed by atoms with Gasteiger partial charge in [0.1, 0.15) is 0 Å². The molecule has 27 heavy (non-hydrogen) atoms. The Morgan fingerprint density at radius 3 is 2.41 bits per heavy atom. The van der Waals surface area contributed by atoms with Crippen LogP contribution in [0.25, 0.3) is 0 Å². The molecule has 6 nitrogen and oxygen atoms in total. The van der Waals surface area contributed by atoms with Crippen molar-refractivity contribution in [2.75, 3.05) is 32.7 Å². The lowest BCUT2D eigenvalue weighted by molar-refractivity contribution is 0.0957. The summed E-state index contributed by atoms with van der Waals surface area (Å²) in [4.78, 5) is 19.7. The quantitative estimate of drug-likeness (QED) is 0.289. The summed E-state index contributed by atoms with van der Waals surface area (Å²) < 4.78 is 0. The zero-order valence-corrected chi connectivity index (χ0v) is 18.4. The second kappa shape index (κ2) is 13.6. The molecule has 0 aliphatic rings. The number of rotatable bonds is 12.